The van der Waals surface area contributed by atoms with Crippen LogP contribution in [-0.2, 0) is 0 Å². The Morgan fingerprint density at radius 2 is 0.964 bits per heavy atom. The van der Waals surface area contributed by atoms with Crippen molar-refractivity contribution in [2.75, 3.05) is 45.8 Å². The molecule has 0 spiro atoms. The van der Waals surface area contributed by atoms with Gasteiger partial charge in [-0.3, -0.25) is 0 Å². The average molecular weight is 401 g/mol. The third kappa shape index (κ3) is 10.0. The maximum absolute atomic E-state index is 6.53. The summed E-state index contributed by atoms with van der Waals surface area (Å²) >= 11 is 0. The highest BCUT2D eigenvalue weighted by Crippen LogP contribution is 2.43. The molecule has 4 N–H and O–H groups in total. The fourth-order valence-electron chi connectivity index (χ4n) is 4.58. The molecule has 0 unspecified atom stereocenters. The van der Waals surface area contributed by atoms with Crippen LogP contribution in [0.5, 0.6) is 0 Å². The third-order valence-corrected chi connectivity index (χ3v) is 7.28. The Labute approximate surface area is 178 Å². The largest absolute Gasteiger partial charge is 0.330 e. The molecule has 0 aromatic carbocycles. The predicted octanol–water partition coefficient (Wildman–Crippen LogP) is 5.11. The minimum absolute atomic E-state index is 0.0319. The molecule has 0 aromatic rings. The van der Waals surface area contributed by atoms with Gasteiger partial charge >= 0.3 is 0 Å². The molecule has 0 aliphatic rings. The summed E-state index contributed by atoms with van der Waals surface area (Å²) in [4.78, 5) is 5.00. The van der Waals surface area contributed by atoms with Crippen LogP contribution in [0.25, 0.3) is 0 Å². The standard InChI is InChI=1S/2C12H28N2/c1-5-13(6-2)11-9-10-12-14(7-3)8-4;1-5-11(6-2,9-10-13)12(14,7-3)8-4/h5-12H2,1-4H3;5-10,13-14H2,1-4H3. The van der Waals surface area contributed by atoms with Gasteiger partial charge in [-0.05, 0) is 96.2 Å². The summed E-state index contributed by atoms with van der Waals surface area (Å²) in [6, 6.07) is 0. The maximum Gasteiger partial charge on any atom is 0.0206 e. The summed E-state index contributed by atoms with van der Waals surface area (Å²) in [5, 5.41) is 0. The molecule has 0 aliphatic carbocycles. The van der Waals surface area contributed by atoms with Gasteiger partial charge in [0.15, 0.2) is 0 Å². The fraction of sp³-hybridized carbons (Fsp3) is 1.00. The minimum atomic E-state index is -0.0319. The lowest BCUT2D eigenvalue weighted by molar-refractivity contribution is 0.0865. The van der Waals surface area contributed by atoms with E-state index in [-0.39, 0.29) is 11.0 Å². The van der Waals surface area contributed by atoms with E-state index in [1.165, 1.54) is 52.1 Å². The van der Waals surface area contributed by atoms with E-state index in [1.807, 2.05) is 0 Å². The molecule has 172 valence electrons. The van der Waals surface area contributed by atoms with Gasteiger partial charge in [0, 0.05) is 5.54 Å². The molecule has 0 heterocycles. The van der Waals surface area contributed by atoms with Crippen molar-refractivity contribution in [3.05, 3.63) is 0 Å². The number of hydrogen-bond acceptors (Lipinski definition) is 4. The molecule has 4 heteroatoms. The average Bonchev–Trinajstić information content (AvgIpc) is 2.74. The Kier molecular flexibility index (Phi) is 19.0. The zero-order valence-electron chi connectivity index (χ0n) is 20.9. The topological polar surface area (TPSA) is 58.5 Å². The molecule has 0 fully saturated rings. The first-order chi connectivity index (χ1) is 13.3. The summed E-state index contributed by atoms with van der Waals surface area (Å²) in [7, 11) is 0. The summed E-state index contributed by atoms with van der Waals surface area (Å²) in [6.45, 7) is 25.9. The van der Waals surface area contributed by atoms with Crippen LogP contribution in [-0.4, -0.2) is 61.2 Å². The highest BCUT2D eigenvalue weighted by Gasteiger charge is 2.42. The van der Waals surface area contributed by atoms with Gasteiger partial charge in [-0.15, -0.1) is 0 Å². The van der Waals surface area contributed by atoms with Crippen molar-refractivity contribution >= 4 is 0 Å². The van der Waals surface area contributed by atoms with E-state index >= 15 is 0 Å². The number of rotatable bonds is 16. The Morgan fingerprint density at radius 3 is 1.18 bits per heavy atom. The summed E-state index contributed by atoms with van der Waals surface area (Å²) in [5.74, 6) is 0. The molecular formula is C24H56N4. The highest BCUT2D eigenvalue weighted by molar-refractivity contribution is 4.99. The van der Waals surface area contributed by atoms with Crippen LogP contribution < -0.4 is 11.5 Å². The van der Waals surface area contributed by atoms with Gasteiger partial charge in [0.25, 0.3) is 0 Å². The minimum Gasteiger partial charge on any atom is -0.330 e. The maximum atomic E-state index is 6.53. The molecule has 0 radical (unpaired) electrons. The number of hydrogen-bond donors (Lipinski definition) is 2. The fourth-order valence-corrected chi connectivity index (χ4v) is 4.58. The monoisotopic (exact) mass is 400 g/mol. The molecule has 4 nitrogen and oxygen atoms in total. The van der Waals surface area contributed by atoms with E-state index in [0.717, 1.165) is 38.6 Å². The molecule has 0 amide bonds. The molecule has 0 aromatic heterocycles. The molecule has 0 saturated carbocycles. The van der Waals surface area contributed by atoms with Crippen molar-refractivity contribution < 1.29 is 0 Å². The molecule has 0 saturated heterocycles. The molecule has 28 heavy (non-hydrogen) atoms. The van der Waals surface area contributed by atoms with Crippen LogP contribution in [0.1, 0.15) is 100 Å². The van der Waals surface area contributed by atoms with E-state index < -0.39 is 0 Å². The third-order valence-electron chi connectivity index (χ3n) is 7.28. The van der Waals surface area contributed by atoms with Gasteiger partial charge in [-0.25, -0.2) is 0 Å². The Hall–Kier alpha value is -0.160. The van der Waals surface area contributed by atoms with Crippen molar-refractivity contribution in [1.82, 2.24) is 9.80 Å². The lowest BCUT2D eigenvalue weighted by Gasteiger charge is -2.47. The van der Waals surface area contributed by atoms with Crippen molar-refractivity contribution in [3.8, 4) is 0 Å². The highest BCUT2D eigenvalue weighted by atomic mass is 15.1. The summed E-state index contributed by atoms with van der Waals surface area (Å²) in [6.07, 6.45) is 8.11. The molecular weight excluding hydrogens is 344 g/mol. The van der Waals surface area contributed by atoms with Crippen molar-refractivity contribution in [1.29, 1.82) is 0 Å². The van der Waals surface area contributed by atoms with E-state index in [0.29, 0.717) is 0 Å². The van der Waals surface area contributed by atoms with Gasteiger partial charge in [-0.2, -0.15) is 0 Å². The lowest BCUT2D eigenvalue weighted by Crippen LogP contribution is -2.55. The van der Waals surface area contributed by atoms with Crippen LogP contribution in [0.4, 0.5) is 0 Å². The Morgan fingerprint density at radius 1 is 0.607 bits per heavy atom. The second-order valence-electron chi connectivity index (χ2n) is 8.15. The molecule has 0 bridgehead atoms. The lowest BCUT2D eigenvalue weighted by atomic mass is 9.62. The van der Waals surface area contributed by atoms with Crippen LogP contribution in [0.3, 0.4) is 0 Å². The van der Waals surface area contributed by atoms with Gasteiger partial charge < -0.3 is 21.3 Å². The SMILES string of the molecule is CCC(N)(CC)C(CC)(CC)CCN.CCN(CC)CCCCN(CC)CC. The molecule has 0 rings (SSSR count). The van der Waals surface area contributed by atoms with Crippen molar-refractivity contribution in [3.63, 3.8) is 0 Å². The normalized spacial score (nSPS) is 12.4. The number of nitrogens with two attached hydrogens (primary N) is 2. The van der Waals surface area contributed by atoms with Crippen LogP contribution in [0.15, 0.2) is 0 Å². The number of nitrogens with zero attached hydrogens (tertiary/aromatic N) is 2. The van der Waals surface area contributed by atoms with Gasteiger partial charge in [0.1, 0.15) is 0 Å². The van der Waals surface area contributed by atoms with E-state index in [9.17, 15) is 0 Å². The summed E-state index contributed by atoms with van der Waals surface area (Å²) in [5.41, 5.74) is 12.5. The first-order valence-electron chi connectivity index (χ1n) is 12.3. The van der Waals surface area contributed by atoms with Crippen LogP contribution in [0, 0.1) is 5.41 Å². The quantitative estimate of drug-likeness (QED) is 0.353. The van der Waals surface area contributed by atoms with Crippen molar-refractivity contribution in [2.24, 2.45) is 16.9 Å². The van der Waals surface area contributed by atoms with Gasteiger partial charge in [0.05, 0.1) is 0 Å². The van der Waals surface area contributed by atoms with E-state index in [4.69, 9.17) is 11.5 Å². The van der Waals surface area contributed by atoms with E-state index in [2.05, 4.69) is 65.2 Å². The Bertz CT molecular complexity index is 303. The van der Waals surface area contributed by atoms with E-state index in [1.54, 1.807) is 0 Å². The first-order valence-corrected chi connectivity index (χ1v) is 12.3. The Balaban J connectivity index is 0. The second-order valence-corrected chi connectivity index (χ2v) is 8.15. The first kappa shape index (κ1) is 30.0. The zero-order chi connectivity index (χ0) is 22.1. The predicted molar refractivity (Wildman–Crippen MR) is 129 cm³/mol. The van der Waals surface area contributed by atoms with Crippen LogP contribution >= 0.6 is 0 Å². The van der Waals surface area contributed by atoms with Crippen molar-refractivity contribution in [2.45, 2.75) is 106 Å². The second kappa shape index (κ2) is 17.7. The van der Waals surface area contributed by atoms with Gasteiger partial charge in [-0.1, -0.05) is 55.4 Å². The molecule has 0 aliphatic heterocycles. The number of unbranched alkanes of at least 4 members (excludes halogenated alkanes) is 1. The summed E-state index contributed by atoms with van der Waals surface area (Å²) < 4.78 is 0. The van der Waals surface area contributed by atoms with Crippen LogP contribution in [0.2, 0.25) is 0 Å². The zero-order valence-corrected chi connectivity index (χ0v) is 20.9. The molecule has 0 atom stereocenters. The smallest absolute Gasteiger partial charge is 0.0206 e. The van der Waals surface area contributed by atoms with Gasteiger partial charge in [0.2, 0.25) is 0 Å².